The van der Waals surface area contributed by atoms with E-state index in [2.05, 4.69) is 15.5 Å². The van der Waals surface area contributed by atoms with Crippen LogP contribution in [0.4, 0.5) is 16.2 Å². The van der Waals surface area contributed by atoms with Crippen molar-refractivity contribution in [3.8, 4) is 11.5 Å². The van der Waals surface area contributed by atoms with Crippen molar-refractivity contribution >= 4 is 23.3 Å². The number of ether oxygens (including phenoxy) is 2. The summed E-state index contributed by atoms with van der Waals surface area (Å²) in [6.07, 6.45) is 0.313. The minimum absolute atomic E-state index is 0.0671. The van der Waals surface area contributed by atoms with E-state index >= 15 is 0 Å². The van der Waals surface area contributed by atoms with Crippen molar-refractivity contribution in [1.82, 2.24) is 10.2 Å². The Balaban J connectivity index is 1.71. The van der Waals surface area contributed by atoms with E-state index in [0.717, 1.165) is 29.0 Å². The predicted molar refractivity (Wildman–Crippen MR) is 119 cm³/mol. The molecule has 2 heterocycles. The van der Waals surface area contributed by atoms with Gasteiger partial charge in [-0.1, -0.05) is 18.2 Å². The largest absolute Gasteiger partial charge is 0.493 e. The molecule has 164 valence electrons. The topological polar surface area (TPSA) is 83.1 Å². The highest BCUT2D eigenvalue weighted by molar-refractivity contribution is 5.98. The number of nitrogens with one attached hydrogen (secondary N) is 2. The van der Waals surface area contributed by atoms with Crippen LogP contribution in [0.5, 0.6) is 11.5 Å². The second-order valence-corrected chi connectivity index (χ2v) is 7.99. The summed E-state index contributed by atoms with van der Waals surface area (Å²) < 4.78 is 11.7. The molecule has 0 aliphatic carbocycles. The molecule has 0 bridgehead atoms. The van der Waals surface area contributed by atoms with Crippen molar-refractivity contribution in [2.24, 2.45) is 0 Å². The smallest absolute Gasteiger partial charge is 0.321 e. The number of carbonyl (C=O) groups is 2. The normalized spacial score (nSPS) is 17.9. The highest BCUT2D eigenvalue weighted by Gasteiger charge is 2.31. The minimum Gasteiger partial charge on any atom is -0.493 e. The number of nitrogens with zero attached hydrogens (tertiary/aromatic N) is 2. The molecule has 1 unspecified atom stereocenters. The highest BCUT2D eigenvalue weighted by Crippen LogP contribution is 2.45. The van der Waals surface area contributed by atoms with E-state index < -0.39 is 0 Å². The zero-order valence-corrected chi connectivity index (χ0v) is 18.1. The third-order valence-corrected chi connectivity index (χ3v) is 5.63. The summed E-state index contributed by atoms with van der Waals surface area (Å²) in [7, 11) is 5.60. The zero-order valence-electron chi connectivity index (χ0n) is 18.1. The van der Waals surface area contributed by atoms with E-state index in [4.69, 9.17) is 9.47 Å². The molecular formula is C23H28N4O4. The van der Waals surface area contributed by atoms with Gasteiger partial charge in [-0.2, -0.15) is 0 Å². The minimum atomic E-state index is -0.172. The fourth-order valence-electron chi connectivity index (χ4n) is 4.07. The Bertz CT molecular complexity index is 992. The lowest BCUT2D eigenvalue weighted by molar-refractivity contribution is -0.116. The molecular weight excluding hydrogens is 396 g/mol. The maximum Gasteiger partial charge on any atom is 0.321 e. The molecule has 0 aromatic heterocycles. The lowest BCUT2D eigenvalue weighted by Crippen LogP contribution is -2.29. The van der Waals surface area contributed by atoms with Crippen LogP contribution in [-0.2, 0) is 4.79 Å². The third-order valence-electron chi connectivity index (χ3n) is 5.63. The van der Waals surface area contributed by atoms with Crippen LogP contribution >= 0.6 is 0 Å². The molecule has 2 aromatic rings. The number of methoxy groups -OCH3 is 1. The number of rotatable bonds is 7. The van der Waals surface area contributed by atoms with Crippen molar-refractivity contribution in [1.29, 1.82) is 0 Å². The maximum absolute atomic E-state index is 12.6. The van der Waals surface area contributed by atoms with Crippen LogP contribution in [0.15, 0.2) is 36.4 Å². The summed E-state index contributed by atoms with van der Waals surface area (Å²) in [5, 5.41) is 5.77. The van der Waals surface area contributed by atoms with E-state index in [0.29, 0.717) is 37.6 Å². The number of benzene rings is 2. The first-order valence-corrected chi connectivity index (χ1v) is 10.4. The Morgan fingerprint density at radius 3 is 2.71 bits per heavy atom. The van der Waals surface area contributed by atoms with Gasteiger partial charge in [0.25, 0.3) is 0 Å². The molecule has 2 aliphatic rings. The number of hydrogen-bond donors (Lipinski definition) is 2. The number of carbonyl (C=O) groups excluding carboxylic acids is 2. The summed E-state index contributed by atoms with van der Waals surface area (Å²) in [5.41, 5.74) is 3.40. The number of anilines is 2. The highest BCUT2D eigenvalue weighted by atomic mass is 16.5. The molecule has 8 heteroatoms. The Kier molecular flexibility index (Phi) is 5.99. The van der Waals surface area contributed by atoms with Gasteiger partial charge < -0.3 is 25.0 Å². The average molecular weight is 425 g/mol. The van der Waals surface area contributed by atoms with E-state index in [-0.39, 0.29) is 17.9 Å². The molecule has 1 atom stereocenters. The van der Waals surface area contributed by atoms with E-state index in [1.807, 2.05) is 50.5 Å². The fraction of sp³-hybridized carbons (Fsp3) is 0.391. The molecule has 2 aromatic carbocycles. The van der Waals surface area contributed by atoms with Crippen LogP contribution in [0.1, 0.15) is 23.5 Å². The SMILES string of the molecule is COc1cccc(C2CC(=O)Nc3cc(N4CCNC4=O)ccc32)c1OCCN(C)C. The quantitative estimate of drug-likeness (QED) is 0.714. The number of urea groups is 1. The summed E-state index contributed by atoms with van der Waals surface area (Å²) in [6, 6.07) is 11.4. The van der Waals surface area contributed by atoms with Gasteiger partial charge in [0.15, 0.2) is 11.5 Å². The molecule has 31 heavy (non-hydrogen) atoms. The molecule has 2 N–H and O–H groups in total. The Morgan fingerprint density at radius 2 is 2.00 bits per heavy atom. The van der Waals surface area contributed by atoms with Crippen LogP contribution in [0, 0.1) is 0 Å². The summed E-state index contributed by atoms with van der Waals surface area (Å²) >= 11 is 0. The van der Waals surface area contributed by atoms with E-state index in [1.54, 1.807) is 12.0 Å². The van der Waals surface area contributed by atoms with Crippen molar-refractivity contribution < 1.29 is 19.1 Å². The molecule has 1 saturated heterocycles. The van der Waals surface area contributed by atoms with Gasteiger partial charge in [-0.25, -0.2) is 4.79 Å². The van der Waals surface area contributed by atoms with Gasteiger partial charge in [0.2, 0.25) is 5.91 Å². The molecule has 4 rings (SSSR count). The average Bonchev–Trinajstić information content (AvgIpc) is 3.18. The van der Waals surface area contributed by atoms with Crippen LogP contribution in [0.25, 0.3) is 0 Å². The number of hydrogen-bond acceptors (Lipinski definition) is 5. The van der Waals surface area contributed by atoms with E-state index in [1.165, 1.54) is 0 Å². The number of para-hydroxylation sites is 1. The van der Waals surface area contributed by atoms with Crippen LogP contribution in [-0.4, -0.2) is 64.3 Å². The van der Waals surface area contributed by atoms with Crippen LogP contribution in [0.2, 0.25) is 0 Å². The summed E-state index contributed by atoms with van der Waals surface area (Å²) in [5.74, 6) is 1.08. The fourth-order valence-corrected chi connectivity index (χ4v) is 4.07. The van der Waals surface area contributed by atoms with Gasteiger partial charge in [-0.3, -0.25) is 9.69 Å². The molecule has 3 amide bonds. The van der Waals surface area contributed by atoms with Crippen molar-refractivity contribution in [3.63, 3.8) is 0 Å². The lowest BCUT2D eigenvalue weighted by atomic mass is 9.84. The summed E-state index contributed by atoms with van der Waals surface area (Å²) in [4.78, 5) is 28.4. The molecule has 2 aliphatic heterocycles. The van der Waals surface area contributed by atoms with Gasteiger partial charge in [-0.05, 0) is 37.9 Å². The second-order valence-electron chi connectivity index (χ2n) is 7.99. The van der Waals surface area contributed by atoms with Crippen LogP contribution < -0.4 is 25.0 Å². The summed E-state index contributed by atoms with van der Waals surface area (Å²) in [6.45, 7) is 2.49. The van der Waals surface area contributed by atoms with Crippen molar-refractivity contribution in [3.05, 3.63) is 47.5 Å². The number of likely N-dealkylation sites (N-methyl/N-ethyl adjacent to an activating group) is 1. The number of fused-ring (bicyclic) bond motifs is 1. The van der Waals surface area contributed by atoms with Gasteiger partial charge in [-0.15, -0.1) is 0 Å². The van der Waals surface area contributed by atoms with Gasteiger partial charge in [0, 0.05) is 48.9 Å². The van der Waals surface area contributed by atoms with Crippen LogP contribution in [0.3, 0.4) is 0 Å². The molecule has 1 fully saturated rings. The third kappa shape index (κ3) is 4.29. The number of amides is 3. The van der Waals surface area contributed by atoms with Crippen molar-refractivity contribution in [2.45, 2.75) is 12.3 Å². The van der Waals surface area contributed by atoms with Gasteiger partial charge in [0.1, 0.15) is 6.61 Å². The van der Waals surface area contributed by atoms with Gasteiger partial charge >= 0.3 is 6.03 Å². The molecule has 0 spiro atoms. The Hall–Kier alpha value is -3.26. The Morgan fingerprint density at radius 1 is 1.16 bits per heavy atom. The van der Waals surface area contributed by atoms with Crippen molar-refractivity contribution in [2.75, 3.05) is 57.7 Å². The molecule has 0 radical (unpaired) electrons. The first kappa shape index (κ1) is 21.0. The monoisotopic (exact) mass is 424 g/mol. The first-order chi connectivity index (χ1) is 15.0. The van der Waals surface area contributed by atoms with Gasteiger partial charge in [0.05, 0.1) is 7.11 Å². The maximum atomic E-state index is 12.6. The predicted octanol–water partition coefficient (Wildman–Crippen LogP) is 2.64. The zero-order chi connectivity index (χ0) is 22.0. The lowest BCUT2D eigenvalue weighted by Gasteiger charge is -2.29. The molecule has 8 nitrogen and oxygen atoms in total. The van der Waals surface area contributed by atoms with E-state index in [9.17, 15) is 9.59 Å². The molecule has 0 saturated carbocycles. The first-order valence-electron chi connectivity index (χ1n) is 10.4. The second kappa shape index (κ2) is 8.85. The standard InChI is InChI=1S/C23H28N4O4/c1-26(2)11-12-31-22-17(5-4-6-20(22)30-3)18-14-21(28)25-19-13-15(7-8-16(18)19)27-10-9-24-23(27)29/h4-8,13,18H,9-12,14H2,1-3H3,(H,24,29)(H,25,28). The Labute approximate surface area is 182 Å².